The number of ether oxygens (including phenoxy) is 1. The maximum absolute atomic E-state index is 5.38. The number of aromatic amines is 1. The maximum Gasteiger partial charge on any atom is 0.143 e. The molecule has 4 heteroatoms. The van der Waals surface area contributed by atoms with Crippen LogP contribution < -0.4 is 4.74 Å². The van der Waals surface area contributed by atoms with Gasteiger partial charge in [0.2, 0.25) is 0 Å². The Bertz CT molecular complexity index is 647. The lowest BCUT2D eigenvalue weighted by atomic mass is 10.0. The molecule has 0 aliphatic heterocycles. The highest BCUT2D eigenvalue weighted by Gasteiger charge is 2.12. The van der Waals surface area contributed by atoms with Crippen LogP contribution in [0.3, 0.4) is 0 Å². The van der Waals surface area contributed by atoms with E-state index in [1.165, 1.54) is 0 Å². The normalized spacial score (nSPS) is 10.6. The predicted molar refractivity (Wildman–Crippen MR) is 64.7 cm³/mol. The van der Waals surface area contributed by atoms with Gasteiger partial charge in [0.15, 0.2) is 0 Å². The minimum atomic E-state index is 0.735. The zero-order valence-electron chi connectivity index (χ0n) is 9.27. The van der Waals surface area contributed by atoms with E-state index >= 15 is 0 Å². The molecule has 0 aliphatic rings. The van der Waals surface area contributed by atoms with E-state index in [1.807, 2.05) is 30.3 Å². The van der Waals surface area contributed by atoms with Crippen molar-refractivity contribution in [1.29, 1.82) is 0 Å². The number of benzene rings is 2. The van der Waals surface area contributed by atoms with Crippen LogP contribution in [0.15, 0.2) is 36.4 Å². The SMILES string of the molecule is COc1ccc2ccccc2c1-c1[c]nn[nH]1. The van der Waals surface area contributed by atoms with Crippen LogP contribution in [0.2, 0.25) is 0 Å². The molecule has 4 nitrogen and oxygen atoms in total. The van der Waals surface area contributed by atoms with Crippen molar-refractivity contribution in [2.45, 2.75) is 0 Å². The number of aromatic nitrogens is 3. The topological polar surface area (TPSA) is 50.8 Å². The van der Waals surface area contributed by atoms with E-state index < -0.39 is 0 Å². The molecule has 17 heavy (non-hydrogen) atoms. The van der Waals surface area contributed by atoms with Gasteiger partial charge < -0.3 is 4.74 Å². The molecule has 1 radical (unpaired) electrons. The molecule has 0 spiro atoms. The van der Waals surface area contributed by atoms with Crippen LogP contribution in [-0.4, -0.2) is 22.5 Å². The number of nitrogens with one attached hydrogen (secondary N) is 1. The zero-order chi connectivity index (χ0) is 11.7. The molecule has 3 aromatic rings. The van der Waals surface area contributed by atoms with Crippen molar-refractivity contribution in [3.8, 4) is 17.0 Å². The van der Waals surface area contributed by atoms with Crippen LogP contribution in [0.4, 0.5) is 0 Å². The Kier molecular flexibility index (Phi) is 2.26. The summed E-state index contributed by atoms with van der Waals surface area (Å²) in [6.07, 6.45) is 2.82. The van der Waals surface area contributed by atoms with Gasteiger partial charge in [-0.25, -0.2) is 0 Å². The lowest BCUT2D eigenvalue weighted by Gasteiger charge is -2.09. The molecule has 0 saturated heterocycles. The zero-order valence-corrected chi connectivity index (χ0v) is 9.27. The number of fused-ring (bicyclic) bond motifs is 1. The summed E-state index contributed by atoms with van der Waals surface area (Å²) in [5.41, 5.74) is 1.68. The van der Waals surface area contributed by atoms with Crippen molar-refractivity contribution in [2.75, 3.05) is 7.11 Å². The first-order chi connectivity index (χ1) is 8.40. The molecule has 1 heterocycles. The summed E-state index contributed by atoms with van der Waals surface area (Å²) in [4.78, 5) is 0. The maximum atomic E-state index is 5.38. The largest absolute Gasteiger partial charge is 0.496 e. The lowest BCUT2D eigenvalue weighted by Crippen LogP contribution is -1.90. The summed E-state index contributed by atoms with van der Waals surface area (Å²) in [6, 6.07) is 12.1. The second-order valence-electron chi connectivity index (χ2n) is 3.66. The Morgan fingerprint density at radius 3 is 2.82 bits per heavy atom. The first-order valence-corrected chi connectivity index (χ1v) is 5.25. The Hall–Kier alpha value is -2.36. The van der Waals surface area contributed by atoms with Gasteiger partial charge in [-0.3, -0.25) is 5.10 Å². The summed E-state index contributed by atoms with van der Waals surface area (Å²) >= 11 is 0. The first-order valence-electron chi connectivity index (χ1n) is 5.25. The molecule has 0 amide bonds. The third-order valence-electron chi connectivity index (χ3n) is 2.73. The summed E-state index contributed by atoms with van der Waals surface area (Å²) in [5, 5.41) is 12.4. The highest BCUT2D eigenvalue weighted by atomic mass is 16.5. The number of H-pyrrole nitrogens is 1. The first kappa shape index (κ1) is 9.84. The van der Waals surface area contributed by atoms with Crippen LogP contribution in [0.25, 0.3) is 22.0 Å². The van der Waals surface area contributed by atoms with Gasteiger partial charge in [-0.05, 0) is 16.8 Å². The van der Waals surface area contributed by atoms with Crippen molar-refractivity contribution in [1.82, 2.24) is 15.4 Å². The molecule has 83 valence electrons. The minimum Gasteiger partial charge on any atom is -0.496 e. The fourth-order valence-electron chi connectivity index (χ4n) is 1.97. The monoisotopic (exact) mass is 224 g/mol. The van der Waals surface area contributed by atoms with E-state index in [1.54, 1.807) is 7.11 Å². The summed E-state index contributed by atoms with van der Waals surface area (Å²) < 4.78 is 5.38. The van der Waals surface area contributed by atoms with Crippen molar-refractivity contribution in [3.63, 3.8) is 0 Å². The van der Waals surface area contributed by atoms with Gasteiger partial charge in [-0.1, -0.05) is 35.5 Å². The third-order valence-corrected chi connectivity index (χ3v) is 2.73. The third kappa shape index (κ3) is 1.54. The number of hydrogen-bond donors (Lipinski definition) is 1. The van der Waals surface area contributed by atoms with Crippen LogP contribution in [0.5, 0.6) is 5.75 Å². The molecule has 2 aromatic carbocycles. The van der Waals surface area contributed by atoms with Gasteiger partial charge in [0, 0.05) is 0 Å². The highest BCUT2D eigenvalue weighted by molar-refractivity contribution is 5.98. The van der Waals surface area contributed by atoms with Crippen molar-refractivity contribution in [2.24, 2.45) is 0 Å². The Labute approximate surface area is 98.2 Å². The summed E-state index contributed by atoms with van der Waals surface area (Å²) in [6.45, 7) is 0. The van der Waals surface area contributed by atoms with E-state index in [0.29, 0.717) is 0 Å². The van der Waals surface area contributed by atoms with E-state index in [0.717, 1.165) is 27.8 Å². The van der Waals surface area contributed by atoms with E-state index in [-0.39, 0.29) is 0 Å². The molecule has 0 atom stereocenters. The number of methoxy groups -OCH3 is 1. The average Bonchev–Trinajstić information content (AvgIpc) is 2.91. The lowest BCUT2D eigenvalue weighted by molar-refractivity contribution is 0.417. The Balaban J connectivity index is 2.39. The van der Waals surface area contributed by atoms with Gasteiger partial charge in [-0.2, -0.15) is 0 Å². The fourth-order valence-corrected chi connectivity index (χ4v) is 1.97. The molecule has 1 N–H and O–H groups in total. The van der Waals surface area contributed by atoms with Gasteiger partial charge in [0.05, 0.1) is 18.4 Å². The van der Waals surface area contributed by atoms with Gasteiger partial charge in [-0.15, -0.1) is 5.10 Å². The van der Waals surface area contributed by atoms with Crippen LogP contribution in [-0.2, 0) is 0 Å². The predicted octanol–water partition coefficient (Wildman–Crippen LogP) is 2.43. The van der Waals surface area contributed by atoms with Gasteiger partial charge >= 0.3 is 0 Å². The highest BCUT2D eigenvalue weighted by Crippen LogP contribution is 2.35. The van der Waals surface area contributed by atoms with Crippen LogP contribution >= 0.6 is 0 Å². The minimum absolute atomic E-state index is 0.735. The fraction of sp³-hybridized carbons (Fsp3) is 0.0769. The Morgan fingerprint density at radius 2 is 2.06 bits per heavy atom. The van der Waals surface area contributed by atoms with Crippen LogP contribution in [0.1, 0.15) is 0 Å². The molecular formula is C13H10N3O. The number of rotatable bonds is 2. The van der Waals surface area contributed by atoms with Crippen LogP contribution in [0, 0.1) is 6.20 Å². The molecule has 0 aliphatic carbocycles. The van der Waals surface area contributed by atoms with Gasteiger partial charge in [0.25, 0.3) is 0 Å². The van der Waals surface area contributed by atoms with Crippen molar-refractivity contribution >= 4 is 10.8 Å². The molecule has 0 saturated carbocycles. The Morgan fingerprint density at radius 1 is 1.18 bits per heavy atom. The van der Waals surface area contributed by atoms with Gasteiger partial charge in [0.1, 0.15) is 11.9 Å². The molecular weight excluding hydrogens is 214 g/mol. The van der Waals surface area contributed by atoms with E-state index in [4.69, 9.17) is 4.74 Å². The second kappa shape index (κ2) is 3.90. The quantitative estimate of drug-likeness (QED) is 0.727. The number of hydrogen-bond acceptors (Lipinski definition) is 3. The van der Waals surface area contributed by atoms with Crippen molar-refractivity contribution < 1.29 is 4.74 Å². The standard InChI is InChI=1S/C13H10N3O/c1-17-12-7-6-9-4-2-3-5-10(9)13(12)11-8-14-16-15-11/h2-7H,1H3,(H,14,15,16). The summed E-state index contributed by atoms with van der Waals surface area (Å²) in [7, 11) is 1.65. The second-order valence-corrected chi connectivity index (χ2v) is 3.66. The van der Waals surface area contributed by atoms with E-state index in [2.05, 4.69) is 27.7 Å². The molecule has 0 bridgehead atoms. The van der Waals surface area contributed by atoms with Crippen molar-refractivity contribution in [3.05, 3.63) is 42.6 Å². The number of nitrogens with zero attached hydrogens (tertiary/aromatic N) is 2. The molecule has 3 rings (SSSR count). The summed E-state index contributed by atoms with van der Waals surface area (Å²) in [5.74, 6) is 0.783. The average molecular weight is 224 g/mol. The van der Waals surface area contributed by atoms with E-state index in [9.17, 15) is 0 Å². The smallest absolute Gasteiger partial charge is 0.143 e. The molecule has 0 unspecified atom stereocenters. The molecule has 0 fully saturated rings. The molecule has 1 aromatic heterocycles.